The molecule has 4 heterocycles. The van der Waals surface area contributed by atoms with Gasteiger partial charge in [-0.15, -0.1) is 0 Å². The summed E-state index contributed by atoms with van der Waals surface area (Å²) < 4.78 is 12.8. The zero-order chi connectivity index (χ0) is 23.4. The molecular weight excluding hydrogens is 440 g/mol. The van der Waals surface area contributed by atoms with E-state index in [0.29, 0.717) is 36.0 Å². The van der Waals surface area contributed by atoms with Crippen molar-refractivity contribution in [1.82, 2.24) is 9.55 Å². The standard InChI is InChI=1S/C24H34N4O4S/c1-4-15(2)23(29)27-20-19-12-17(26-16-7-10-33-11-8-16)13-25-22(19)28(21(20)24(30)31-3)14-18-6-5-9-32-18/h12-13,15-16,18,26H,4-11,14H2,1-3H3,(H,27,29). The number of hydrogen-bond acceptors (Lipinski definition) is 7. The van der Waals surface area contributed by atoms with Gasteiger partial charge in [-0.25, -0.2) is 9.78 Å². The molecule has 2 N–H and O–H groups in total. The lowest BCUT2D eigenvalue weighted by Crippen LogP contribution is -2.24. The van der Waals surface area contributed by atoms with Gasteiger partial charge in [-0.1, -0.05) is 13.8 Å². The Kier molecular flexibility index (Phi) is 7.80. The minimum Gasteiger partial charge on any atom is -0.464 e. The van der Waals surface area contributed by atoms with Crippen molar-refractivity contribution in [2.75, 3.05) is 35.9 Å². The van der Waals surface area contributed by atoms with Crippen LogP contribution in [0.1, 0.15) is 56.4 Å². The first-order chi connectivity index (χ1) is 16.0. The zero-order valence-corrected chi connectivity index (χ0v) is 20.5. The van der Waals surface area contributed by atoms with Crippen molar-refractivity contribution in [2.24, 2.45) is 5.92 Å². The SMILES string of the molecule is CCC(C)C(=O)Nc1c(C(=O)OC)n(CC2CCCO2)c2ncc(NC3CCSCC3)cc12. The van der Waals surface area contributed by atoms with Crippen molar-refractivity contribution >= 4 is 46.0 Å². The Balaban J connectivity index is 1.79. The molecular formula is C24H34N4O4S. The maximum atomic E-state index is 12.9. The summed E-state index contributed by atoms with van der Waals surface area (Å²) in [6.07, 6.45) is 6.66. The Morgan fingerprint density at radius 1 is 1.33 bits per heavy atom. The second-order valence-corrected chi connectivity index (χ2v) is 10.1. The molecule has 0 radical (unpaired) electrons. The van der Waals surface area contributed by atoms with Crippen LogP contribution in [-0.2, 0) is 20.8 Å². The number of carbonyl (C=O) groups excluding carboxylic acids is 2. The summed E-state index contributed by atoms with van der Waals surface area (Å²) in [7, 11) is 1.36. The van der Waals surface area contributed by atoms with E-state index in [2.05, 4.69) is 10.6 Å². The fourth-order valence-electron chi connectivity index (χ4n) is 4.42. The number of carbonyl (C=O) groups is 2. The Hall–Kier alpha value is -2.26. The summed E-state index contributed by atoms with van der Waals surface area (Å²) in [5.41, 5.74) is 2.33. The molecule has 2 unspecified atom stereocenters. The van der Waals surface area contributed by atoms with Crippen LogP contribution in [-0.4, -0.2) is 58.8 Å². The zero-order valence-electron chi connectivity index (χ0n) is 19.7. The van der Waals surface area contributed by atoms with Crippen LogP contribution in [0.3, 0.4) is 0 Å². The average molecular weight is 475 g/mol. The Morgan fingerprint density at radius 2 is 2.12 bits per heavy atom. The summed E-state index contributed by atoms with van der Waals surface area (Å²) in [6.45, 7) is 5.05. The number of rotatable bonds is 8. The van der Waals surface area contributed by atoms with E-state index in [0.717, 1.165) is 54.9 Å². The van der Waals surface area contributed by atoms with Gasteiger partial charge in [-0.2, -0.15) is 11.8 Å². The van der Waals surface area contributed by atoms with Crippen LogP contribution in [0.15, 0.2) is 12.3 Å². The highest BCUT2D eigenvalue weighted by molar-refractivity contribution is 7.99. The number of methoxy groups -OCH3 is 1. The van der Waals surface area contributed by atoms with Gasteiger partial charge in [0.1, 0.15) is 5.65 Å². The van der Waals surface area contributed by atoms with Gasteiger partial charge in [0.2, 0.25) is 5.91 Å². The second-order valence-electron chi connectivity index (χ2n) is 8.89. The predicted octanol–water partition coefficient (Wildman–Crippen LogP) is 4.29. The molecule has 0 spiro atoms. The quantitative estimate of drug-likeness (QED) is 0.551. The van der Waals surface area contributed by atoms with Crippen molar-refractivity contribution in [3.63, 3.8) is 0 Å². The van der Waals surface area contributed by atoms with E-state index >= 15 is 0 Å². The number of thioether (sulfide) groups is 1. The first-order valence-electron chi connectivity index (χ1n) is 11.9. The van der Waals surface area contributed by atoms with Crippen molar-refractivity contribution < 1.29 is 19.1 Å². The second kappa shape index (κ2) is 10.8. The minimum absolute atomic E-state index is 0.00136. The van der Waals surface area contributed by atoms with Gasteiger partial charge in [0.25, 0.3) is 0 Å². The van der Waals surface area contributed by atoms with E-state index in [4.69, 9.17) is 14.5 Å². The summed E-state index contributed by atoms with van der Waals surface area (Å²) in [4.78, 5) is 30.6. The molecule has 2 aromatic rings. The number of ether oxygens (including phenoxy) is 2. The number of fused-ring (bicyclic) bond motifs is 1. The predicted molar refractivity (Wildman–Crippen MR) is 132 cm³/mol. The number of pyridine rings is 1. The molecule has 2 aliphatic rings. The molecule has 0 saturated carbocycles. The molecule has 0 aromatic carbocycles. The molecule has 0 aliphatic carbocycles. The highest BCUT2D eigenvalue weighted by Gasteiger charge is 2.29. The number of nitrogens with one attached hydrogen (secondary N) is 2. The van der Waals surface area contributed by atoms with Gasteiger partial charge >= 0.3 is 5.97 Å². The van der Waals surface area contributed by atoms with E-state index < -0.39 is 5.97 Å². The summed E-state index contributed by atoms with van der Waals surface area (Å²) in [6, 6.07) is 2.40. The third-order valence-electron chi connectivity index (χ3n) is 6.59. The molecule has 9 heteroatoms. The Bertz CT molecular complexity index is 996. The van der Waals surface area contributed by atoms with E-state index in [1.807, 2.05) is 42.4 Å². The number of amides is 1. The van der Waals surface area contributed by atoms with Crippen LogP contribution in [0.4, 0.5) is 11.4 Å². The smallest absolute Gasteiger partial charge is 0.356 e. The Labute approximate surface area is 199 Å². The molecule has 2 saturated heterocycles. The van der Waals surface area contributed by atoms with Crippen LogP contribution >= 0.6 is 11.8 Å². The number of aromatic nitrogens is 2. The molecule has 180 valence electrons. The van der Waals surface area contributed by atoms with Gasteiger partial charge in [0.05, 0.1) is 37.3 Å². The lowest BCUT2D eigenvalue weighted by Gasteiger charge is -2.23. The van der Waals surface area contributed by atoms with Crippen LogP contribution in [0.25, 0.3) is 11.0 Å². The highest BCUT2D eigenvalue weighted by atomic mass is 32.2. The highest BCUT2D eigenvalue weighted by Crippen LogP contribution is 2.34. The largest absolute Gasteiger partial charge is 0.464 e. The molecule has 0 bridgehead atoms. The third kappa shape index (κ3) is 5.30. The van der Waals surface area contributed by atoms with Crippen LogP contribution in [0, 0.1) is 5.92 Å². The van der Waals surface area contributed by atoms with Crippen LogP contribution < -0.4 is 10.6 Å². The number of nitrogens with zero attached hydrogens (tertiary/aromatic N) is 2. The third-order valence-corrected chi connectivity index (χ3v) is 7.64. The van der Waals surface area contributed by atoms with E-state index in [1.54, 1.807) is 0 Å². The van der Waals surface area contributed by atoms with Gasteiger partial charge in [0.15, 0.2) is 5.69 Å². The average Bonchev–Trinajstić information content (AvgIpc) is 3.45. The minimum atomic E-state index is -0.496. The lowest BCUT2D eigenvalue weighted by atomic mass is 10.1. The van der Waals surface area contributed by atoms with Crippen LogP contribution in [0.5, 0.6) is 0 Å². The summed E-state index contributed by atoms with van der Waals surface area (Å²) in [5, 5.41) is 7.35. The van der Waals surface area contributed by atoms with E-state index in [1.165, 1.54) is 7.11 Å². The van der Waals surface area contributed by atoms with E-state index in [-0.39, 0.29) is 17.9 Å². The molecule has 2 aromatic heterocycles. The molecule has 2 atom stereocenters. The van der Waals surface area contributed by atoms with Gasteiger partial charge < -0.3 is 24.7 Å². The maximum absolute atomic E-state index is 12.9. The monoisotopic (exact) mass is 474 g/mol. The number of hydrogen-bond donors (Lipinski definition) is 2. The summed E-state index contributed by atoms with van der Waals surface area (Å²) >= 11 is 1.98. The summed E-state index contributed by atoms with van der Waals surface area (Å²) in [5.74, 6) is 1.49. The van der Waals surface area contributed by atoms with Crippen molar-refractivity contribution in [1.29, 1.82) is 0 Å². The van der Waals surface area contributed by atoms with Crippen molar-refractivity contribution in [2.45, 2.75) is 64.6 Å². The topological polar surface area (TPSA) is 94.5 Å². The molecule has 2 aliphatic heterocycles. The fourth-order valence-corrected chi connectivity index (χ4v) is 5.53. The van der Waals surface area contributed by atoms with Gasteiger partial charge in [-0.05, 0) is 49.7 Å². The fraction of sp³-hybridized carbons (Fsp3) is 0.625. The van der Waals surface area contributed by atoms with Crippen molar-refractivity contribution in [3.05, 3.63) is 18.0 Å². The first-order valence-corrected chi connectivity index (χ1v) is 13.0. The maximum Gasteiger partial charge on any atom is 0.356 e. The molecule has 33 heavy (non-hydrogen) atoms. The Morgan fingerprint density at radius 3 is 2.79 bits per heavy atom. The van der Waals surface area contributed by atoms with Gasteiger partial charge in [-0.3, -0.25) is 4.79 Å². The molecule has 4 rings (SSSR count). The first kappa shape index (κ1) is 23.9. The van der Waals surface area contributed by atoms with E-state index in [9.17, 15) is 9.59 Å². The van der Waals surface area contributed by atoms with Crippen LogP contribution in [0.2, 0.25) is 0 Å². The number of esters is 1. The van der Waals surface area contributed by atoms with Gasteiger partial charge in [0, 0.05) is 24.0 Å². The normalized spacial score (nSPS) is 20.0. The van der Waals surface area contributed by atoms with Crippen molar-refractivity contribution in [3.8, 4) is 0 Å². The molecule has 1 amide bonds. The number of anilines is 2. The molecule has 8 nitrogen and oxygen atoms in total. The lowest BCUT2D eigenvalue weighted by molar-refractivity contribution is -0.119. The molecule has 2 fully saturated rings.